The summed E-state index contributed by atoms with van der Waals surface area (Å²) in [6.45, 7) is 2.01. The summed E-state index contributed by atoms with van der Waals surface area (Å²) in [6.07, 6.45) is -0.286. The van der Waals surface area contributed by atoms with Gasteiger partial charge in [-0.15, -0.1) is 0 Å². The second-order valence-electron chi connectivity index (χ2n) is 5.93. The number of hydrogen-bond donors (Lipinski definition) is 1. The van der Waals surface area contributed by atoms with E-state index in [2.05, 4.69) is 15.5 Å². The Labute approximate surface area is 145 Å². The van der Waals surface area contributed by atoms with Crippen molar-refractivity contribution in [1.82, 2.24) is 20.4 Å². The van der Waals surface area contributed by atoms with Crippen molar-refractivity contribution in [2.75, 3.05) is 20.2 Å². The van der Waals surface area contributed by atoms with Gasteiger partial charge in [-0.1, -0.05) is 35.5 Å². The fraction of sp³-hybridized carbons (Fsp3) is 0.412. The highest BCUT2D eigenvalue weighted by Gasteiger charge is 2.37. The van der Waals surface area contributed by atoms with Crippen LogP contribution in [0, 0.1) is 6.92 Å². The van der Waals surface area contributed by atoms with Crippen molar-refractivity contribution in [2.24, 2.45) is 0 Å². The van der Waals surface area contributed by atoms with E-state index in [0.717, 1.165) is 5.56 Å². The fourth-order valence-corrected chi connectivity index (χ4v) is 2.72. The van der Waals surface area contributed by atoms with Gasteiger partial charge in [0.15, 0.2) is 11.9 Å². The van der Waals surface area contributed by atoms with Crippen LogP contribution in [0.1, 0.15) is 23.3 Å². The summed E-state index contributed by atoms with van der Waals surface area (Å²) in [5.41, 5.74) is 0.830. The molecule has 2 aromatic rings. The van der Waals surface area contributed by atoms with Crippen molar-refractivity contribution in [3.63, 3.8) is 0 Å². The Morgan fingerprint density at radius 1 is 1.36 bits per heavy atom. The minimum Gasteiger partial charge on any atom is -0.356 e. The molecule has 1 saturated heterocycles. The number of benzene rings is 1. The highest BCUT2D eigenvalue weighted by atomic mass is 16.5. The van der Waals surface area contributed by atoms with Crippen LogP contribution >= 0.6 is 0 Å². The van der Waals surface area contributed by atoms with E-state index < -0.39 is 12.1 Å². The SMILES string of the molecule is Cc1nc(CCN(C)C(=O)[C@H]2OCC(=O)N[C@@H]2c2ccccc2)no1. The largest absolute Gasteiger partial charge is 0.356 e. The van der Waals surface area contributed by atoms with E-state index in [0.29, 0.717) is 24.7 Å². The highest BCUT2D eigenvalue weighted by molar-refractivity contribution is 5.86. The first kappa shape index (κ1) is 17.1. The van der Waals surface area contributed by atoms with Gasteiger partial charge < -0.3 is 19.5 Å². The van der Waals surface area contributed by atoms with E-state index in [4.69, 9.17) is 9.26 Å². The third kappa shape index (κ3) is 4.03. The van der Waals surface area contributed by atoms with Crippen molar-refractivity contribution in [1.29, 1.82) is 0 Å². The molecule has 1 aliphatic heterocycles. The number of likely N-dealkylation sites (N-methyl/N-ethyl adjacent to an activating group) is 1. The zero-order chi connectivity index (χ0) is 17.8. The van der Waals surface area contributed by atoms with E-state index >= 15 is 0 Å². The lowest BCUT2D eigenvalue weighted by molar-refractivity contribution is -0.154. The molecule has 1 aromatic carbocycles. The molecule has 1 aromatic heterocycles. The van der Waals surface area contributed by atoms with Gasteiger partial charge in [-0.05, 0) is 5.56 Å². The number of nitrogens with zero attached hydrogens (tertiary/aromatic N) is 3. The molecule has 8 heteroatoms. The summed E-state index contributed by atoms with van der Waals surface area (Å²) in [5.74, 6) is 0.609. The van der Waals surface area contributed by atoms with Crippen LogP contribution in [0.15, 0.2) is 34.9 Å². The summed E-state index contributed by atoms with van der Waals surface area (Å²) in [5, 5.41) is 6.66. The lowest BCUT2D eigenvalue weighted by Crippen LogP contribution is -2.52. The number of hydrogen-bond acceptors (Lipinski definition) is 6. The van der Waals surface area contributed by atoms with Crippen molar-refractivity contribution < 1.29 is 18.8 Å². The van der Waals surface area contributed by atoms with E-state index in [9.17, 15) is 9.59 Å². The van der Waals surface area contributed by atoms with Gasteiger partial charge in [0, 0.05) is 26.9 Å². The predicted octanol–water partition coefficient (Wildman–Crippen LogP) is 0.635. The molecule has 0 spiro atoms. The Balaban J connectivity index is 1.68. The quantitative estimate of drug-likeness (QED) is 0.855. The number of aryl methyl sites for hydroxylation is 1. The maximum absolute atomic E-state index is 12.8. The summed E-state index contributed by atoms with van der Waals surface area (Å²) in [4.78, 5) is 30.2. The molecular weight excluding hydrogens is 324 g/mol. The molecule has 1 fully saturated rings. The predicted molar refractivity (Wildman–Crippen MR) is 87.4 cm³/mol. The van der Waals surface area contributed by atoms with E-state index in [1.165, 1.54) is 0 Å². The lowest BCUT2D eigenvalue weighted by atomic mass is 9.99. The van der Waals surface area contributed by atoms with Crippen LogP contribution in [0.3, 0.4) is 0 Å². The number of ether oxygens (including phenoxy) is 1. The zero-order valence-corrected chi connectivity index (χ0v) is 14.1. The second kappa shape index (κ2) is 7.43. The Kier molecular flexibility index (Phi) is 5.08. The monoisotopic (exact) mass is 344 g/mol. The van der Waals surface area contributed by atoms with Crippen molar-refractivity contribution in [2.45, 2.75) is 25.5 Å². The van der Waals surface area contributed by atoms with Gasteiger partial charge in [0.1, 0.15) is 6.61 Å². The Morgan fingerprint density at radius 3 is 2.80 bits per heavy atom. The van der Waals surface area contributed by atoms with E-state index in [-0.39, 0.29) is 18.4 Å². The third-order valence-electron chi connectivity index (χ3n) is 4.03. The summed E-state index contributed by atoms with van der Waals surface area (Å²) in [7, 11) is 1.69. The van der Waals surface area contributed by atoms with Crippen LogP contribution in [0.2, 0.25) is 0 Å². The van der Waals surface area contributed by atoms with Gasteiger partial charge in [0.25, 0.3) is 5.91 Å². The molecular formula is C17H20N4O4. The molecule has 132 valence electrons. The topological polar surface area (TPSA) is 97.6 Å². The fourth-order valence-electron chi connectivity index (χ4n) is 2.72. The molecule has 0 unspecified atom stereocenters. The number of carbonyl (C=O) groups excluding carboxylic acids is 2. The van der Waals surface area contributed by atoms with Crippen LogP contribution in [0.4, 0.5) is 0 Å². The molecule has 0 bridgehead atoms. The van der Waals surface area contributed by atoms with Crippen LogP contribution in [-0.4, -0.2) is 53.2 Å². The van der Waals surface area contributed by atoms with E-state index in [1.807, 2.05) is 30.3 Å². The molecule has 1 aliphatic rings. The molecule has 0 saturated carbocycles. The number of amides is 2. The number of aromatic nitrogens is 2. The number of morpholine rings is 1. The first-order chi connectivity index (χ1) is 12.0. The van der Waals surface area contributed by atoms with Gasteiger partial charge in [-0.25, -0.2) is 0 Å². The molecule has 2 amide bonds. The summed E-state index contributed by atoms with van der Waals surface area (Å²) in [6, 6.07) is 8.82. The van der Waals surface area contributed by atoms with Crippen LogP contribution in [-0.2, 0) is 20.7 Å². The van der Waals surface area contributed by atoms with Gasteiger partial charge >= 0.3 is 0 Å². The number of carbonyl (C=O) groups is 2. The third-order valence-corrected chi connectivity index (χ3v) is 4.03. The first-order valence-electron chi connectivity index (χ1n) is 8.04. The molecule has 2 heterocycles. The maximum Gasteiger partial charge on any atom is 0.253 e. The smallest absolute Gasteiger partial charge is 0.253 e. The van der Waals surface area contributed by atoms with Gasteiger partial charge in [0.05, 0.1) is 6.04 Å². The zero-order valence-electron chi connectivity index (χ0n) is 14.1. The Bertz CT molecular complexity index is 746. The molecule has 2 atom stereocenters. The molecule has 25 heavy (non-hydrogen) atoms. The lowest BCUT2D eigenvalue weighted by Gasteiger charge is -2.34. The second-order valence-corrected chi connectivity index (χ2v) is 5.93. The van der Waals surface area contributed by atoms with Gasteiger partial charge in [-0.3, -0.25) is 9.59 Å². The van der Waals surface area contributed by atoms with Gasteiger partial charge in [-0.2, -0.15) is 4.98 Å². The molecule has 8 nitrogen and oxygen atoms in total. The highest BCUT2D eigenvalue weighted by Crippen LogP contribution is 2.23. The first-order valence-corrected chi connectivity index (χ1v) is 8.04. The molecule has 0 aliphatic carbocycles. The Hall–Kier alpha value is -2.74. The Morgan fingerprint density at radius 2 is 2.12 bits per heavy atom. The number of rotatable bonds is 5. The van der Waals surface area contributed by atoms with Crippen molar-refractivity contribution >= 4 is 11.8 Å². The van der Waals surface area contributed by atoms with Crippen molar-refractivity contribution in [3.8, 4) is 0 Å². The molecule has 1 N–H and O–H groups in total. The minimum atomic E-state index is -0.767. The van der Waals surface area contributed by atoms with Crippen LogP contribution < -0.4 is 5.32 Å². The average Bonchev–Trinajstić information content (AvgIpc) is 3.05. The normalized spacial score (nSPS) is 20.2. The van der Waals surface area contributed by atoms with Crippen LogP contribution in [0.25, 0.3) is 0 Å². The minimum absolute atomic E-state index is 0.127. The average molecular weight is 344 g/mol. The van der Waals surface area contributed by atoms with E-state index in [1.54, 1.807) is 18.9 Å². The summed E-state index contributed by atoms with van der Waals surface area (Å²) >= 11 is 0. The maximum atomic E-state index is 12.8. The van der Waals surface area contributed by atoms with Crippen molar-refractivity contribution in [3.05, 3.63) is 47.6 Å². The molecule has 3 rings (SSSR count). The van der Waals surface area contributed by atoms with Gasteiger partial charge in [0.2, 0.25) is 11.8 Å². The summed E-state index contributed by atoms with van der Waals surface area (Å²) < 4.78 is 10.5. The standard InChI is InChI=1S/C17H20N4O4/c1-11-18-13(20-25-11)8-9-21(2)17(23)16-15(19-14(22)10-24-16)12-6-4-3-5-7-12/h3-7,15-16H,8-10H2,1-2H3,(H,19,22)/t15-,16+/m1/s1. The number of nitrogens with one attached hydrogen (secondary N) is 1. The van der Waals surface area contributed by atoms with Crippen LogP contribution in [0.5, 0.6) is 0 Å². The molecule has 0 radical (unpaired) electrons.